The lowest BCUT2D eigenvalue weighted by molar-refractivity contribution is -0.122. The molecule has 2 aromatic carbocycles. The molecule has 1 fully saturated rings. The third kappa shape index (κ3) is 2.94. The van der Waals surface area contributed by atoms with Crippen LogP contribution in [-0.2, 0) is 11.3 Å². The zero-order valence-corrected chi connectivity index (χ0v) is 13.9. The normalized spacial score (nSPS) is 15.4. The number of nitrogens with one attached hydrogen (secondary N) is 1. The maximum absolute atomic E-state index is 12.7. The van der Waals surface area contributed by atoms with Gasteiger partial charge in [0, 0.05) is 11.2 Å². The zero-order chi connectivity index (χ0) is 16.5. The van der Waals surface area contributed by atoms with Gasteiger partial charge in [-0.25, -0.2) is 0 Å². The maximum atomic E-state index is 12.7. The van der Waals surface area contributed by atoms with Crippen LogP contribution < -0.4 is 5.32 Å². The van der Waals surface area contributed by atoms with Gasteiger partial charge in [0.2, 0.25) is 5.91 Å². The largest absolute Gasteiger partial charge is 0.347 e. The Balaban J connectivity index is 1.54. The van der Waals surface area contributed by atoms with Crippen LogP contribution in [0.4, 0.5) is 0 Å². The van der Waals surface area contributed by atoms with Crippen molar-refractivity contribution >= 4 is 16.8 Å². The van der Waals surface area contributed by atoms with E-state index in [1.54, 1.807) is 0 Å². The second kappa shape index (κ2) is 6.16. The number of benzene rings is 2. The van der Waals surface area contributed by atoms with Crippen molar-refractivity contribution in [3.63, 3.8) is 0 Å². The summed E-state index contributed by atoms with van der Waals surface area (Å²) >= 11 is 0. The van der Waals surface area contributed by atoms with Gasteiger partial charge in [-0.3, -0.25) is 4.79 Å². The lowest BCUT2D eigenvalue weighted by Gasteiger charge is -2.19. The molecule has 24 heavy (non-hydrogen) atoms. The van der Waals surface area contributed by atoms with Crippen molar-refractivity contribution in [1.82, 2.24) is 9.88 Å². The highest BCUT2D eigenvalue weighted by Gasteiger charge is 2.33. The molecule has 1 atom stereocenters. The topological polar surface area (TPSA) is 34.0 Å². The maximum Gasteiger partial charge on any atom is 0.240 e. The van der Waals surface area contributed by atoms with Crippen LogP contribution in [-0.4, -0.2) is 10.5 Å². The molecule has 0 saturated heterocycles. The number of carbonyl (C=O) groups excluding carboxylic acids is 1. The monoisotopic (exact) mass is 318 g/mol. The Kier molecular flexibility index (Phi) is 3.85. The molecule has 1 aliphatic carbocycles. The van der Waals surface area contributed by atoms with Crippen molar-refractivity contribution in [2.75, 3.05) is 0 Å². The second-order valence-electron chi connectivity index (χ2n) is 6.72. The second-order valence-corrected chi connectivity index (χ2v) is 6.72. The third-order valence-electron chi connectivity index (χ3n) is 4.89. The molecule has 0 unspecified atom stereocenters. The van der Waals surface area contributed by atoms with Crippen molar-refractivity contribution in [1.29, 1.82) is 0 Å². The smallest absolute Gasteiger partial charge is 0.240 e. The van der Waals surface area contributed by atoms with Gasteiger partial charge >= 0.3 is 0 Å². The predicted octanol–water partition coefficient (Wildman–Crippen LogP) is 4.22. The number of aromatic nitrogens is 1. The molecular formula is C21H22N2O. The first-order valence-corrected chi connectivity index (χ1v) is 8.61. The summed E-state index contributed by atoms with van der Waals surface area (Å²) in [6.07, 6.45) is 2.40. The van der Waals surface area contributed by atoms with Crippen LogP contribution in [0.25, 0.3) is 10.9 Å². The molecule has 1 aromatic heterocycles. The molecule has 1 aliphatic rings. The molecule has 122 valence electrons. The molecule has 0 radical (unpaired) electrons. The van der Waals surface area contributed by atoms with Crippen molar-refractivity contribution < 1.29 is 4.79 Å². The highest BCUT2D eigenvalue weighted by Crippen LogP contribution is 2.40. The van der Waals surface area contributed by atoms with Gasteiger partial charge in [-0.2, -0.15) is 0 Å². The highest BCUT2D eigenvalue weighted by molar-refractivity contribution is 5.84. The van der Waals surface area contributed by atoms with Gasteiger partial charge < -0.3 is 9.88 Å². The molecule has 1 amide bonds. The molecule has 0 spiro atoms. The molecule has 3 heteroatoms. The Morgan fingerprint density at radius 3 is 2.58 bits per heavy atom. The Bertz CT molecular complexity index is 862. The first-order valence-electron chi connectivity index (χ1n) is 8.61. The standard InChI is InChI=1S/C21H22N2O/c1-15-13-18-9-5-6-10-19(18)23(15)14-20(24)22-21(17-11-12-17)16-7-3-2-4-8-16/h2-10,13,17,21H,11-12,14H2,1H3,(H,22,24)/t21-/m0/s1. The molecule has 0 bridgehead atoms. The average Bonchev–Trinajstić information content (AvgIpc) is 3.39. The number of carbonyl (C=O) groups is 1. The molecular weight excluding hydrogens is 296 g/mol. The van der Waals surface area contributed by atoms with Crippen LogP contribution in [0.5, 0.6) is 0 Å². The van der Waals surface area contributed by atoms with Gasteiger partial charge in [-0.1, -0.05) is 48.5 Å². The van der Waals surface area contributed by atoms with E-state index in [-0.39, 0.29) is 11.9 Å². The molecule has 1 heterocycles. The van der Waals surface area contributed by atoms with E-state index >= 15 is 0 Å². The number of nitrogens with zero attached hydrogens (tertiary/aromatic N) is 1. The summed E-state index contributed by atoms with van der Waals surface area (Å²) in [7, 11) is 0. The summed E-state index contributed by atoms with van der Waals surface area (Å²) in [5, 5.41) is 4.45. The van der Waals surface area contributed by atoms with E-state index in [1.165, 1.54) is 23.8 Å². The van der Waals surface area contributed by atoms with Crippen molar-refractivity contribution in [2.24, 2.45) is 5.92 Å². The number of hydrogen-bond acceptors (Lipinski definition) is 1. The number of para-hydroxylation sites is 1. The zero-order valence-electron chi connectivity index (χ0n) is 13.9. The van der Waals surface area contributed by atoms with E-state index in [1.807, 2.05) is 30.3 Å². The van der Waals surface area contributed by atoms with E-state index in [2.05, 4.69) is 47.1 Å². The minimum absolute atomic E-state index is 0.0835. The summed E-state index contributed by atoms with van der Waals surface area (Å²) in [4.78, 5) is 12.7. The van der Waals surface area contributed by atoms with Crippen LogP contribution in [0, 0.1) is 12.8 Å². The molecule has 3 nitrogen and oxygen atoms in total. The number of amides is 1. The van der Waals surface area contributed by atoms with Crippen LogP contribution in [0.2, 0.25) is 0 Å². The molecule has 3 aromatic rings. The van der Waals surface area contributed by atoms with Gasteiger partial charge in [-0.15, -0.1) is 0 Å². The van der Waals surface area contributed by atoms with E-state index in [4.69, 9.17) is 0 Å². The number of fused-ring (bicyclic) bond motifs is 1. The minimum atomic E-state index is 0.0835. The Labute approximate surface area is 142 Å². The van der Waals surface area contributed by atoms with Crippen LogP contribution in [0.3, 0.4) is 0 Å². The van der Waals surface area contributed by atoms with Gasteiger partial charge in [0.05, 0.1) is 6.04 Å². The van der Waals surface area contributed by atoms with Gasteiger partial charge in [-0.05, 0) is 48.8 Å². The van der Waals surface area contributed by atoms with Gasteiger partial charge in [0.1, 0.15) is 6.54 Å². The van der Waals surface area contributed by atoms with E-state index in [0.717, 1.165) is 11.2 Å². The third-order valence-corrected chi connectivity index (χ3v) is 4.89. The fraction of sp³-hybridized carbons (Fsp3) is 0.286. The summed E-state index contributed by atoms with van der Waals surface area (Å²) < 4.78 is 2.10. The summed E-state index contributed by atoms with van der Waals surface area (Å²) in [6.45, 7) is 2.43. The van der Waals surface area contributed by atoms with E-state index < -0.39 is 0 Å². The molecule has 1 saturated carbocycles. The predicted molar refractivity (Wildman–Crippen MR) is 96.7 cm³/mol. The van der Waals surface area contributed by atoms with Crippen LogP contribution >= 0.6 is 0 Å². The van der Waals surface area contributed by atoms with Gasteiger partial charge in [0.15, 0.2) is 0 Å². The van der Waals surface area contributed by atoms with Crippen LogP contribution in [0.15, 0.2) is 60.7 Å². The number of aryl methyl sites for hydroxylation is 1. The Morgan fingerprint density at radius 1 is 1.12 bits per heavy atom. The van der Waals surface area contributed by atoms with Crippen molar-refractivity contribution in [3.05, 3.63) is 71.9 Å². The minimum Gasteiger partial charge on any atom is -0.347 e. The quantitative estimate of drug-likeness (QED) is 0.751. The number of rotatable bonds is 5. The molecule has 1 N–H and O–H groups in total. The highest BCUT2D eigenvalue weighted by atomic mass is 16.2. The lowest BCUT2D eigenvalue weighted by Crippen LogP contribution is -2.32. The van der Waals surface area contributed by atoms with E-state index in [9.17, 15) is 4.79 Å². The fourth-order valence-electron chi connectivity index (χ4n) is 3.48. The molecule has 4 rings (SSSR count). The lowest BCUT2D eigenvalue weighted by atomic mass is 10.0. The van der Waals surface area contributed by atoms with Crippen molar-refractivity contribution in [2.45, 2.75) is 32.4 Å². The first-order chi connectivity index (χ1) is 11.7. The van der Waals surface area contributed by atoms with Crippen molar-refractivity contribution in [3.8, 4) is 0 Å². The molecule has 0 aliphatic heterocycles. The Hall–Kier alpha value is -2.55. The summed E-state index contributed by atoms with van der Waals surface area (Å²) in [5.74, 6) is 0.666. The Morgan fingerprint density at radius 2 is 1.83 bits per heavy atom. The first kappa shape index (κ1) is 15.0. The fourth-order valence-corrected chi connectivity index (χ4v) is 3.48. The van der Waals surface area contributed by atoms with E-state index in [0.29, 0.717) is 12.5 Å². The summed E-state index contributed by atoms with van der Waals surface area (Å²) in [6, 6.07) is 20.8. The van der Waals surface area contributed by atoms with Gasteiger partial charge in [0.25, 0.3) is 0 Å². The van der Waals surface area contributed by atoms with Crippen LogP contribution in [0.1, 0.15) is 30.1 Å². The SMILES string of the molecule is Cc1cc2ccccc2n1CC(=O)N[C@@H](c1ccccc1)C1CC1. The average molecular weight is 318 g/mol. The summed E-state index contributed by atoms with van der Waals surface area (Å²) in [5.41, 5.74) is 3.45. The number of hydrogen-bond donors (Lipinski definition) is 1.